The van der Waals surface area contributed by atoms with Crippen LogP contribution in [0.25, 0.3) is 0 Å². The Balaban J connectivity index is 3.13. The van der Waals surface area contributed by atoms with E-state index in [1.807, 2.05) is 0 Å². The van der Waals surface area contributed by atoms with Crippen LogP contribution in [0.3, 0.4) is 0 Å². The van der Waals surface area contributed by atoms with E-state index in [2.05, 4.69) is 0 Å². The first-order valence-electron chi connectivity index (χ1n) is 3.32. The molecule has 0 aliphatic heterocycles. The van der Waals surface area contributed by atoms with E-state index in [0.29, 0.717) is 6.07 Å². The average molecular weight is 254 g/mol. The molecule has 0 heterocycles. The fraction of sp³-hybridized carbons (Fsp3) is 0.143. The molecule has 1 rings (SSSR count). The van der Waals surface area contributed by atoms with Gasteiger partial charge in [-0.1, -0.05) is 0 Å². The summed E-state index contributed by atoms with van der Waals surface area (Å²) in [6, 6.07) is 3.92. The van der Waals surface area contributed by atoms with E-state index in [1.54, 1.807) is 0 Å². The van der Waals surface area contributed by atoms with Crippen LogP contribution < -0.4 is 4.35 Å². The summed E-state index contributed by atoms with van der Waals surface area (Å²) in [6.07, 6.45) is -4.45. The van der Waals surface area contributed by atoms with Crippen LogP contribution in [0.5, 0.6) is 0 Å². The number of hydrogen-bond donors (Lipinski definition) is 1. The molecule has 0 spiro atoms. The normalized spacial score (nSPS) is 14.2. The van der Waals surface area contributed by atoms with Crippen LogP contribution in [0.2, 0.25) is 0 Å². The fourth-order valence-electron chi connectivity index (χ4n) is 0.829. The van der Waals surface area contributed by atoms with E-state index < -0.39 is 26.7 Å². The molecule has 0 aliphatic rings. The van der Waals surface area contributed by atoms with Gasteiger partial charge >= 0.3 is 76.3 Å². The third kappa shape index (κ3) is 2.64. The van der Waals surface area contributed by atoms with Gasteiger partial charge in [-0.2, -0.15) is 0 Å². The molecule has 0 saturated carbocycles. The molecule has 0 aliphatic carbocycles. The average Bonchev–Trinajstić information content (AvgIpc) is 2.03. The van der Waals surface area contributed by atoms with Gasteiger partial charge in [-0.15, -0.1) is 0 Å². The molecule has 0 fully saturated rings. The number of benzene rings is 1. The summed E-state index contributed by atoms with van der Waals surface area (Å²) >= 11 is -3.63. The van der Waals surface area contributed by atoms with Gasteiger partial charge < -0.3 is 0 Å². The van der Waals surface area contributed by atoms with E-state index in [9.17, 15) is 16.9 Å². The van der Waals surface area contributed by atoms with Crippen LogP contribution in [0.1, 0.15) is 5.56 Å². The van der Waals surface area contributed by atoms with Gasteiger partial charge in [0, 0.05) is 0 Å². The maximum atomic E-state index is 12.1. The van der Waals surface area contributed by atoms with Crippen molar-refractivity contribution >= 4 is 19.3 Å². The van der Waals surface area contributed by atoms with Crippen LogP contribution in [0, 0.1) is 0 Å². The van der Waals surface area contributed by atoms with Gasteiger partial charge in [0.15, 0.2) is 0 Å². The Morgan fingerprint density at radius 3 is 2.38 bits per heavy atom. The van der Waals surface area contributed by atoms with Gasteiger partial charge in [-0.05, 0) is 0 Å². The van der Waals surface area contributed by atoms with Gasteiger partial charge in [0.1, 0.15) is 0 Å². The van der Waals surface area contributed by atoms with Crippen LogP contribution in [0.4, 0.5) is 13.2 Å². The molecular weight excluding hydrogens is 248 g/mol. The third-order valence-corrected chi connectivity index (χ3v) is 3.13. The first-order chi connectivity index (χ1) is 5.91. The predicted octanol–water partition coefficient (Wildman–Crippen LogP) is 0.556. The monoisotopic (exact) mass is 254 g/mol. The molecule has 1 atom stereocenters. The molecule has 1 unspecified atom stereocenters. The summed E-state index contributed by atoms with van der Waals surface area (Å²) in [4.78, 5) is 0. The van der Waals surface area contributed by atoms with E-state index in [-0.39, 0.29) is 4.35 Å². The molecule has 0 amide bonds. The van der Waals surface area contributed by atoms with Gasteiger partial charge in [-0.25, -0.2) is 0 Å². The minimum absolute atomic E-state index is 0.116. The molecular formula is C7H6AsF3O2. The Morgan fingerprint density at radius 1 is 1.31 bits per heavy atom. The molecule has 0 saturated heterocycles. The molecule has 13 heavy (non-hydrogen) atoms. The van der Waals surface area contributed by atoms with Crippen LogP contribution in [0.15, 0.2) is 24.3 Å². The molecule has 0 bridgehead atoms. The van der Waals surface area contributed by atoms with E-state index >= 15 is 0 Å². The van der Waals surface area contributed by atoms with Crippen molar-refractivity contribution in [2.45, 2.75) is 6.18 Å². The molecule has 0 aromatic heterocycles. The summed E-state index contributed by atoms with van der Waals surface area (Å²) < 4.78 is 55.3. The predicted molar refractivity (Wildman–Crippen MR) is 41.1 cm³/mol. The van der Waals surface area contributed by atoms with E-state index in [0.717, 1.165) is 12.1 Å². The Bertz CT molecular complexity index is 335. The van der Waals surface area contributed by atoms with Crippen molar-refractivity contribution in [2.75, 3.05) is 0 Å². The second kappa shape index (κ2) is 3.60. The second-order valence-corrected chi connectivity index (χ2v) is 4.88. The first-order valence-corrected chi connectivity index (χ1v) is 6.16. The van der Waals surface area contributed by atoms with Crippen LogP contribution in [-0.4, -0.2) is 19.0 Å². The molecule has 6 heteroatoms. The third-order valence-electron chi connectivity index (χ3n) is 1.44. The van der Waals surface area contributed by atoms with E-state index in [4.69, 9.17) is 4.10 Å². The Morgan fingerprint density at radius 2 is 1.92 bits per heavy atom. The van der Waals surface area contributed by atoms with Crippen molar-refractivity contribution in [1.82, 2.24) is 0 Å². The zero-order valence-corrected chi connectivity index (χ0v) is 8.40. The van der Waals surface area contributed by atoms with Gasteiger partial charge in [0.25, 0.3) is 0 Å². The molecule has 0 radical (unpaired) electrons. The zero-order valence-electron chi connectivity index (χ0n) is 6.30. The summed E-state index contributed by atoms with van der Waals surface area (Å²) in [5.74, 6) is 0. The Hall–Kier alpha value is -0.672. The number of alkyl halides is 3. The minimum atomic E-state index is -4.45. The van der Waals surface area contributed by atoms with Crippen LogP contribution >= 0.6 is 0 Å². The first kappa shape index (κ1) is 10.4. The summed E-state index contributed by atoms with van der Waals surface area (Å²) in [6.45, 7) is 0. The topological polar surface area (TPSA) is 37.3 Å². The molecule has 1 aromatic carbocycles. The van der Waals surface area contributed by atoms with Crippen molar-refractivity contribution in [3.8, 4) is 0 Å². The Kier molecular flexibility index (Phi) is 2.88. The molecule has 1 N–H and O–H groups in total. The van der Waals surface area contributed by atoms with Crippen molar-refractivity contribution in [3.05, 3.63) is 29.8 Å². The molecule has 2 nitrogen and oxygen atoms in total. The summed E-state index contributed by atoms with van der Waals surface area (Å²) in [5, 5.41) is 0. The summed E-state index contributed by atoms with van der Waals surface area (Å²) in [5.41, 5.74) is -0.889. The van der Waals surface area contributed by atoms with Crippen molar-refractivity contribution in [3.63, 3.8) is 0 Å². The van der Waals surface area contributed by atoms with E-state index in [1.165, 1.54) is 6.07 Å². The number of halogens is 3. The van der Waals surface area contributed by atoms with Crippen LogP contribution in [-0.2, 0) is 9.92 Å². The second-order valence-electron chi connectivity index (χ2n) is 2.38. The summed E-state index contributed by atoms with van der Waals surface area (Å²) in [7, 11) is 0. The SMILES string of the molecule is O=[AsH](O)c1cccc(C(F)(F)F)c1. The number of hydrogen-bond acceptors (Lipinski definition) is 1. The standard InChI is InChI=1S/C7H6AsF3O2/c9-7(10,11)5-2-1-3-6(4-5)8(12)13/h1-4,8H,(H,12,13). The fourth-order valence-corrected chi connectivity index (χ4v) is 1.91. The maximum absolute atomic E-state index is 12.1. The van der Waals surface area contributed by atoms with Crippen molar-refractivity contribution in [1.29, 1.82) is 0 Å². The van der Waals surface area contributed by atoms with Gasteiger partial charge in [0.2, 0.25) is 0 Å². The quantitative estimate of drug-likeness (QED) is 0.743. The van der Waals surface area contributed by atoms with Crippen molar-refractivity contribution in [2.24, 2.45) is 0 Å². The molecule has 1 aromatic rings. The zero-order chi connectivity index (χ0) is 10.1. The van der Waals surface area contributed by atoms with Gasteiger partial charge in [0.05, 0.1) is 0 Å². The Labute approximate surface area is 76.8 Å². The number of rotatable bonds is 1. The van der Waals surface area contributed by atoms with Crippen molar-refractivity contribution < 1.29 is 21.0 Å². The van der Waals surface area contributed by atoms with Gasteiger partial charge in [-0.3, -0.25) is 0 Å². The molecule has 72 valence electrons.